The van der Waals surface area contributed by atoms with E-state index in [-0.39, 0.29) is 12.1 Å². The van der Waals surface area contributed by atoms with Crippen LogP contribution in [0.4, 0.5) is 4.79 Å². The zero-order chi connectivity index (χ0) is 18.9. The fourth-order valence-electron chi connectivity index (χ4n) is 4.38. The van der Waals surface area contributed by atoms with Gasteiger partial charge in [-0.05, 0) is 56.9 Å². The minimum Gasteiger partial charge on any atom is -0.445 e. The molecule has 27 heavy (non-hydrogen) atoms. The number of fused-ring (bicyclic) bond motifs is 2. The predicted molar refractivity (Wildman–Crippen MR) is 110 cm³/mol. The molecule has 0 radical (unpaired) electrons. The molecular formula is C24H33NO2. The number of nitrogens with zero attached hydrogens (tertiary/aromatic N) is 1. The lowest BCUT2D eigenvalue weighted by Gasteiger charge is -2.44. The molecule has 0 saturated carbocycles. The molecule has 1 aromatic rings. The maximum atomic E-state index is 12.7. The first kappa shape index (κ1) is 19.7. The van der Waals surface area contributed by atoms with Crippen LogP contribution < -0.4 is 0 Å². The van der Waals surface area contributed by atoms with Crippen molar-refractivity contribution >= 4 is 6.09 Å². The Morgan fingerprint density at radius 3 is 2.74 bits per heavy atom. The van der Waals surface area contributed by atoms with Gasteiger partial charge in [0.1, 0.15) is 6.61 Å². The number of hydrogen-bond acceptors (Lipinski definition) is 2. The zero-order valence-corrected chi connectivity index (χ0v) is 16.4. The number of benzene rings is 1. The second-order valence-electron chi connectivity index (χ2n) is 7.87. The largest absolute Gasteiger partial charge is 0.445 e. The third-order valence-electron chi connectivity index (χ3n) is 5.79. The van der Waals surface area contributed by atoms with Gasteiger partial charge in [0.25, 0.3) is 0 Å². The molecule has 0 aliphatic carbocycles. The number of carbonyl (C=O) groups excluding carboxylic acids is 1. The van der Waals surface area contributed by atoms with E-state index in [1.54, 1.807) is 5.57 Å². The van der Waals surface area contributed by atoms with Crippen molar-refractivity contribution in [2.45, 2.75) is 82.9 Å². The average Bonchev–Trinajstić information content (AvgIpc) is 2.69. The van der Waals surface area contributed by atoms with E-state index in [1.165, 1.54) is 38.5 Å². The number of ether oxygens (including phenoxy) is 1. The molecule has 3 heteroatoms. The molecule has 0 N–H and O–H groups in total. The van der Waals surface area contributed by atoms with E-state index in [9.17, 15) is 4.79 Å². The minimum atomic E-state index is -0.145. The summed E-state index contributed by atoms with van der Waals surface area (Å²) in [5.41, 5.74) is 2.60. The van der Waals surface area contributed by atoms with Gasteiger partial charge in [-0.3, -0.25) is 4.90 Å². The van der Waals surface area contributed by atoms with Gasteiger partial charge < -0.3 is 4.74 Å². The SMILES string of the molecule is C=CCCCCCCC1=CC2CCCC(C1)N2C(=O)OCc1ccccc1. The van der Waals surface area contributed by atoms with Gasteiger partial charge in [0.15, 0.2) is 0 Å². The molecule has 2 aliphatic heterocycles. The fraction of sp³-hybridized carbons (Fsp3) is 0.542. The van der Waals surface area contributed by atoms with Crippen molar-refractivity contribution in [2.24, 2.45) is 0 Å². The van der Waals surface area contributed by atoms with Crippen molar-refractivity contribution in [1.29, 1.82) is 0 Å². The van der Waals surface area contributed by atoms with Crippen LogP contribution >= 0.6 is 0 Å². The Morgan fingerprint density at radius 1 is 1.15 bits per heavy atom. The van der Waals surface area contributed by atoms with Gasteiger partial charge in [0.05, 0.1) is 6.04 Å². The summed E-state index contributed by atoms with van der Waals surface area (Å²) in [6, 6.07) is 10.5. The lowest BCUT2D eigenvalue weighted by Crippen LogP contribution is -2.51. The van der Waals surface area contributed by atoms with Crippen molar-refractivity contribution in [3.05, 3.63) is 60.2 Å². The van der Waals surface area contributed by atoms with Crippen molar-refractivity contribution < 1.29 is 9.53 Å². The van der Waals surface area contributed by atoms with Gasteiger partial charge in [0, 0.05) is 6.04 Å². The van der Waals surface area contributed by atoms with E-state index in [0.717, 1.165) is 31.2 Å². The maximum absolute atomic E-state index is 12.7. The van der Waals surface area contributed by atoms with Crippen molar-refractivity contribution in [3.63, 3.8) is 0 Å². The van der Waals surface area contributed by atoms with Crippen LogP contribution in [-0.4, -0.2) is 23.1 Å². The molecule has 2 atom stereocenters. The summed E-state index contributed by atoms with van der Waals surface area (Å²) in [4.78, 5) is 14.7. The molecule has 2 bridgehead atoms. The number of piperidine rings is 1. The molecule has 1 amide bonds. The Balaban J connectivity index is 1.50. The molecule has 1 fully saturated rings. The zero-order valence-electron chi connectivity index (χ0n) is 16.4. The van der Waals surface area contributed by atoms with Crippen molar-refractivity contribution in [1.82, 2.24) is 4.90 Å². The van der Waals surface area contributed by atoms with Gasteiger partial charge in [0.2, 0.25) is 0 Å². The molecular weight excluding hydrogens is 334 g/mol. The summed E-state index contributed by atoms with van der Waals surface area (Å²) in [5, 5.41) is 0. The summed E-state index contributed by atoms with van der Waals surface area (Å²) >= 11 is 0. The van der Waals surface area contributed by atoms with Crippen LogP contribution in [0, 0.1) is 0 Å². The highest BCUT2D eigenvalue weighted by Gasteiger charge is 2.37. The topological polar surface area (TPSA) is 29.5 Å². The van der Waals surface area contributed by atoms with Crippen LogP contribution in [0.1, 0.15) is 69.8 Å². The predicted octanol–water partition coefficient (Wildman–Crippen LogP) is 6.40. The van der Waals surface area contributed by atoms with Crippen molar-refractivity contribution in [2.75, 3.05) is 0 Å². The van der Waals surface area contributed by atoms with E-state index in [2.05, 4.69) is 12.7 Å². The van der Waals surface area contributed by atoms with E-state index in [4.69, 9.17) is 4.74 Å². The molecule has 0 aromatic heterocycles. The second-order valence-corrected chi connectivity index (χ2v) is 7.87. The van der Waals surface area contributed by atoms with Crippen LogP contribution in [0.15, 0.2) is 54.6 Å². The van der Waals surface area contributed by atoms with Crippen LogP contribution in [-0.2, 0) is 11.3 Å². The first-order valence-electron chi connectivity index (χ1n) is 10.6. The number of amides is 1. The lowest BCUT2D eigenvalue weighted by molar-refractivity contribution is 0.0479. The molecule has 146 valence electrons. The van der Waals surface area contributed by atoms with E-state index < -0.39 is 0 Å². The van der Waals surface area contributed by atoms with E-state index in [0.29, 0.717) is 12.6 Å². The minimum absolute atomic E-state index is 0.145. The smallest absolute Gasteiger partial charge is 0.410 e. The van der Waals surface area contributed by atoms with Gasteiger partial charge in [-0.25, -0.2) is 4.79 Å². The second kappa shape index (κ2) is 10.3. The number of carbonyl (C=O) groups is 1. The van der Waals surface area contributed by atoms with Crippen molar-refractivity contribution in [3.8, 4) is 0 Å². The highest BCUT2D eigenvalue weighted by molar-refractivity contribution is 5.69. The lowest BCUT2D eigenvalue weighted by atomic mass is 9.84. The Labute approximate surface area is 164 Å². The Kier molecular flexibility index (Phi) is 7.55. The van der Waals surface area contributed by atoms with Gasteiger partial charge in [-0.1, -0.05) is 60.9 Å². The van der Waals surface area contributed by atoms with Crippen LogP contribution in [0.2, 0.25) is 0 Å². The Morgan fingerprint density at radius 2 is 1.96 bits per heavy atom. The van der Waals surface area contributed by atoms with Gasteiger partial charge in [-0.15, -0.1) is 6.58 Å². The Bertz CT molecular complexity index is 637. The maximum Gasteiger partial charge on any atom is 0.410 e. The normalized spacial score (nSPS) is 21.5. The number of allylic oxidation sites excluding steroid dienone is 1. The molecule has 1 saturated heterocycles. The third-order valence-corrected chi connectivity index (χ3v) is 5.79. The van der Waals surface area contributed by atoms with E-state index in [1.807, 2.05) is 41.3 Å². The highest BCUT2D eigenvalue weighted by Crippen LogP contribution is 2.35. The summed E-state index contributed by atoms with van der Waals surface area (Å²) in [6.45, 7) is 4.14. The monoisotopic (exact) mass is 367 g/mol. The van der Waals surface area contributed by atoms with Gasteiger partial charge >= 0.3 is 6.09 Å². The average molecular weight is 368 g/mol. The number of rotatable bonds is 9. The standard InChI is InChI=1S/C24H33NO2/c1-2-3-4-5-6-8-14-21-17-22-15-11-16-23(18-21)25(22)24(26)27-19-20-12-9-7-10-13-20/h2,7,9-10,12-13,17,22-23H,1,3-6,8,11,14-16,18-19H2. The first-order chi connectivity index (χ1) is 13.3. The molecule has 3 nitrogen and oxygen atoms in total. The number of unbranched alkanes of at least 4 members (excludes halogenated alkanes) is 4. The first-order valence-corrected chi connectivity index (χ1v) is 10.6. The molecule has 0 spiro atoms. The van der Waals surface area contributed by atoms with Crippen LogP contribution in [0.25, 0.3) is 0 Å². The third kappa shape index (κ3) is 5.72. The van der Waals surface area contributed by atoms with Crippen LogP contribution in [0.5, 0.6) is 0 Å². The molecule has 2 heterocycles. The van der Waals surface area contributed by atoms with Gasteiger partial charge in [-0.2, -0.15) is 0 Å². The fourth-order valence-corrected chi connectivity index (χ4v) is 4.38. The quantitative estimate of drug-likeness (QED) is 0.373. The highest BCUT2D eigenvalue weighted by atomic mass is 16.6. The number of hydrogen-bond donors (Lipinski definition) is 0. The summed E-state index contributed by atoms with van der Waals surface area (Å²) in [6.07, 6.45) is 16.1. The molecule has 3 rings (SSSR count). The molecule has 2 unspecified atom stereocenters. The van der Waals surface area contributed by atoms with E-state index >= 15 is 0 Å². The van der Waals surface area contributed by atoms with Crippen LogP contribution in [0.3, 0.4) is 0 Å². The summed E-state index contributed by atoms with van der Waals surface area (Å²) < 4.78 is 5.62. The Hall–Kier alpha value is -2.03. The summed E-state index contributed by atoms with van der Waals surface area (Å²) in [5.74, 6) is 0. The molecule has 1 aromatic carbocycles. The molecule has 2 aliphatic rings. The summed E-state index contributed by atoms with van der Waals surface area (Å²) in [7, 11) is 0.